The van der Waals surface area contributed by atoms with Gasteiger partial charge in [-0.1, -0.05) is 18.7 Å². The second-order valence-corrected chi connectivity index (χ2v) is 9.61. The summed E-state index contributed by atoms with van der Waals surface area (Å²) >= 11 is 0. The number of anilines is 2. The van der Waals surface area contributed by atoms with Gasteiger partial charge in [-0.2, -0.15) is 18.3 Å². The molecule has 0 spiro atoms. The number of benzene rings is 1. The average Bonchev–Trinajstić information content (AvgIpc) is 3.35. The number of halogens is 4. The second kappa shape index (κ2) is 9.64. The van der Waals surface area contributed by atoms with Gasteiger partial charge in [-0.3, -0.25) is 0 Å². The lowest BCUT2D eigenvalue weighted by Gasteiger charge is -2.41. The van der Waals surface area contributed by atoms with E-state index in [2.05, 4.69) is 26.7 Å². The molecule has 5 rings (SSSR count). The number of alkyl halides is 3. The van der Waals surface area contributed by atoms with Gasteiger partial charge in [0.15, 0.2) is 5.82 Å². The quantitative estimate of drug-likeness (QED) is 0.367. The molecule has 1 aromatic carbocycles. The molecule has 37 heavy (non-hydrogen) atoms. The Kier molecular flexibility index (Phi) is 6.51. The van der Waals surface area contributed by atoms with Gasteiger partial charge in [0.05, 0.1) is 11.3 Å². The van der Waals surface area contributed by atoms with Crippen LogP contribution in [-0.4, -0.2) is 46.0 Å². The molecule has 0 saturated carbocycles. The lowest BCUT2D eigenvalue weighted by atomic mass is 10.0. The zero-order valence-electron chi connectivity index (χ0n) is 20.4. The summed E-state index contributed by atoms with van der Waals surface area (Å²) in [4.78, 5) is 8.18. The predicted octanol–water partition coefficient (Wildman–Crippen LogP) is 5.35. The standard InChI is InChI=1S/C27H27F4N5O/c1-16-15-35(10-11-36(16)25-13-23(27(29,30)31)22(14-32-25)17(2)37)26-21-5-3-4-20(21)24(33-34-26)12-18-6-8-19(28)9-7-18/h6-9,13-14,16,37H,2-5,10-12,15H2,1H3/t16-/m1/s1. The molecule has 0 bridgehead atoms. The number of hydrogen-bond acceptors (Lipinski definition) is 6. The number of pyridine rings is 1. The molecule has 1 aliphatic heterocycles. The third-order valence-corrected chi connectivity index (χ3v) is 7.11. The van der Waals surface area contributed by atoms with Crippen LogP contribution in [0.25, 0.3) is 5.76 Å². The molecule has 2 aliphatic rings. The Balaban J connectivity index is 1.36. The van der Waals surface area contributed by atoms with Crippen molar-refractivity contribution in [2.75, 3.05) is 29.4 Å². The first-order valence-corrected chi connectivity index (χ1v) is 12.2. The number of hydrogen-bond donors (Lipinski definition) is 1. The fourth-order valence-corrected chi connectivity index (χ4v) is 5.29. The van der Waals surface area contributed by atoms with Gasteiger partial charge in [0, 0.05) is 49.4 Å². The minimum absolute atomic E-state index is 0.136. The Bertz CT molecular complexity index is 1330. The van der Waals surface area contributed by atoms with Gasteiger partial charge in [-0.15, -0.1) is 5.10 Å². The first kappa shape index (κ1) is 25.0. The summed E-state index contributed by atoms with van der Waals surface area (Å²) < 4.78 is 54.1. The average molecular weight is 514 g/mol. The van der Waals surface area contributed by atoms with Gasteiger partial charge in [0.1, 0.15) is 17.4 Å². The van der Waals surface area contributed by atoms with Gasteiger partial charge in [-0.05, 0) is 55.5 Å². The zero-order chi connectivity index (χ0) is 26.3. The van der Waals surface area contributed by atoms with Gasteiger partial charge in [0.25, 0.3) is 0 Å². The summed E-state index contributed by atoms with van der Waals surface area (Å²) in [6.07, 6.45) is -0.212. The summed E-state index contributed by atoms with van der Waals surface area (Å²) in [5.74, 6) is 0.0935. The zero-order valence-corrected chi connectivity index (χ0v) is 20.4. The van der Waals surface area contributed by atoms with Crippen molar-refractivity contribution >= 4 is 17.4 Å². The molecular formula is C27H27F4N5O. The summed E-state index contributed by atoms with van der Waals surface area (Å²) in [5, 5.41) is 18.7. The molecule has 1 atom stereocenters. The van der Waals surface area contributed by atoms with Gasteiger partial charge in [0.2, 0.25) is 0 Å². The van der Waals surface area contributed by atoms with E-state index in [0.717, 1.165) is 48.6 Å². The molecule has 1 saturated heterocycles. The smallest absolute Gasteiger partial charge is 0.417 e. The number of aliphatic hydroxyl groups excluding tert-OH is 1. The number of nitrogens with zero attached hydrogens (tertiary/aromatic N) is 5. The van der Waals surface area contributed by atoms with Crippen molar-refractivity contribution in [1.29, 1.82) is 0 Å². The molecule has 0 radical (unpaired) electrons. The monoisotopic (exact) mass is 513 g/mol. The van der Waals surface area contributed by atoms with Crippen LogP contribution in [-0.2, 0) is 25.4 Å². The SMILES string of the molecule is C=C(O)c1cnc(N2CCN(c3nnc(Cc4ccc(F)cc4)c4c3CCC4)C[C@H]2C)cc1C(F)(F)F. The van der Waals surface area contributed by atoms with Crippen molar-refractivity contribution in [3.05, 3.63) is 82.4 Å². The van der Waals surface area contributed by atoms with Crippen molar-refractivity contribution in [1.82, 2.24) is 15.2 Å². The van der Waals surface area contributed by atoms with E-state index >= 15 is 0 Å². The molecule has 10 heteroatoms. The molecule has 1 fully saturated rings. The molecule has 0 unspecified atom stereocenters. The molecule has 1 aliphatic carbocycles. The Morgan fingerprint density at radius 3 is 2.51 bits per heavy atom. The first-order valence-electron chi connectivity index (χ1n) is 12.2. The van der Waals surface area contributed by atoms with Crippen molar-refractivity contribution in [3.8, 4) is 0 Å². The second-order valence-electron chi connectivity index (χ2n) is 9.61. The van der Waals surface area contributed by atoms with Crippen LogP contribution in [0.3, 0.4) is 0 Å². The molecule has 6 nitrogen and oxygen atoms in total. The number of rotatable bonds is 5. The Hall–Kier alpha value is -3.69. The Labute approximate surface area is 212 Å². The maximum atomic E-state index is 13.6. The first-order chi connectivity index (χ1) is 17.6. The van der Waals surface area contributed by atoms with Crippen molar-refractivity contribution in [3.63, 3.8) is 0 Å². The van der Waals surface area contributed by atoms with Crippen molar-refractivity contribution in [2.24, 2.45) is 0 Å². The molecule has 0 amide bonds. The Morgan fingerprint density at radius 2 is 1.84 bits per heavy atom. The maximum absolute atomic E-state index is 13.6. The van der Waals surface area contributed by atoms with Gasteiger partial charge in [-0.25, -0.2) is 9.37 Å². The number of aliphatic hydroxyl groups is 1. The number of aromatic nitrogens is 3. The van der Waals surface area contributed by atoms with Crippen LogP contribution < -0.4 is 9.80 Å². The highest BCUT2D eigenvalue weighted by molar-refractivity contribution is 5.63. The van der Waals surface area contributed by atoms with Crippen molar-refractivity contribution in [2.45, 2.75) is 44.8 Å². The van der Waals surface area contributed by atoms with E-state index in [9.17, 15) is 22.7 Å². The van der Waals surface area contributed by atoms with Crippen LogP contribution in [0.2, 0.25) is 0 Å². The summed E-state index contributed by atoms with van der Waals surface area (Å²) in [6, 6.07) is 7.24. The van der Waals surface area contributed by atoms with E-state index in [1.807, 2.05) is 11.8 Å². The number of fused-ring (bicyclic) bond motifs is 1. The highest BCUT2D eigenvalue weighted by atomic mass is 19.4. The topological polar surface area (TPSA) is 65.4 Å². The van der Waals surface area contributed by atoms with Crippen LogP contribution in [0.5, 0.6) is 0 Å². The molecule has 3 heterocycles. The lowest BCUT2D eigenvalue weighted by molar-refractivity contribution is -0.137. The third kappa shape index (κ3) is 4.97. The summed E-state index contributed by atoms with van der Waals surface area (Å²) in [5.41, 5.74) is 2.87. The highest BCUT2D eigenvalue weighted by Crippen LogP contribution is 2.37. The highest BCUT2D eigenvalue weighted by Gasteiger charge is 2.36. The van der Waals surface area contributed by atoms with E-state index in [4.69, 9.17) is 0 Å². The fourth-order valence-electron chi connectivity index (χ4n) is 5.29. The van der Waals surface area contributed by atoms with Crippen LogP contribution >= 0.6 is 0 Å². The summed E-state index contributed by atoms with van der Waals surface area (Å²) in [6.45, 7) is 6.73. The van der Waals surface area contributed by atoms with E-state index in [-0.39, 0.29) is 17.7 Å². The van der Waals surface area contributed by atoms with Crippen LogP contribution in [0.4, 0.5) is 29.2 Å². The minimum atomic E-state index is -4.64. The normalized spacial score (nSPS) is 17.7. The van der Waals surface area contributed by atoms with E-state index in [0.29, 0.717) is 26.1 Å². The van der Waals surface area contributed by atoms with E-state index < -0.39 is 23.1 Å². The van der Waals surface area contributed by atoms with E-state index in [1.165, 1.54) is 23.3 Å². The molecule has 3 aromatic rings. The predicted molar refractivity (Wildman–Crippen MR) is 133 cm³/mol. The summed E-state index contributed by atoms with van der Waals surface area (Å²) in [7, 11) is 0. The molecular weight excluding hydrogens is 486 g/mol. The van der Waals surface area contributed by atoms with Crippen LogP contribution in [0.1, 0.15) is 46.9 Å². The minimum Gasteiger partial charge on any atom is -0.508 e. The van der Waals surface area contributed by atoms with Gasteiger partial charge >= 0.3 is 6.18 Å². The number of piperazine rings is 1. The molecule has 1 N–H and O–H groups in total. The molecule has 194 valence electrons. The lowest BCUT2D eigenvalue weighted by Crippen LogP contribution is -2.53. The largest absolute Gasteiger partial charge is 0.508 e. The maximum Gasteiger partial charge on any atom is 0.417 e. The Morgan fingerprint density at radius 1 is 1.11 bits per heavy atom. The molecule has 2 aromatic heterocycles. The van der Waals surface area contributed by atoms with E-state index in [1.54, 1.807) is 12.1 Å². The van der Waals surface area contributed by atoms with Gasteiger partial charge < -0.3 is 14.9 Å². The van der Waals surface area contributed by atoms with Crippen LogP contribution in [0, 0.1) is 5.82 Å². The van der Waals surface area contributed by atoms with Crippen molar-refractivity contribution < 1.29 is 22.7 Å². The fraction of sp³-hybridized carbons (Fsp3) is 0.370. The third-order valence-electron chi connectivity index (χ3n) is 7.11. The van der Waals surface area contributed by atoms with Crippen LogP contribution in [0.15, 0.2) is 43.1 Å².